The number of nitrogens with one attached hydrogen (secondary N) is 1. The summed E-state index contributed by atoms with van der Waals surface area (Å²) < 4.78 is 39.8. The Balaban J connectivity index is 1.42. The molecular formula is C23H30FN3O3S. The Morgan fingerprint density at radius 2 is 1.74 bits per heavy atom. The van der Waals surface area contributed by atoms with Crippen molar-refractivity contribution in [1.82, 2.24) is 9.62 Å². The lowest BCUT2D eigenvalue weighted by atomic mass is 9.97. The smallest absolute Gasteiger partial charge is 0.243 e. The SMILES string of the molecule is CCN(CCCNC(=O)C1CCN(S(=O)(=O)c2ccc(F)cc2)CC1)c1ccccc1. The van der Waals surface area contributed by atoms with Gasteiger partial charge in [-0.1, -0.05) is 18.2 Å². The molecule has 0 saturated carbocycles. The zero-order chi connectivity index (χ0) is 22.3. The summed E-state index contributed by atoms with van der Waals surface area (Å²) in [5.74, 6) is -0.669. The van der Waals surface area contributed by atoms with Gasteiger partial charge in [0.2, 0.25) is 15.9 Å². The van der Waals surface area contributed by atoms with Gasteiger partial charge in [0.05, 0.1) is 4.90 Å². The summed E-state index contributed by atoms with van der Waals surface area (Å²) in [6, 6.07) is 15.0. The van der Waals surface area contributed by atoms with E-state index in [4.69, 9.17) is 0 Å². The molecular weight excluding hydrogens is 417 g/mol. The molecule has 1 heterocycles. The molecule has 1 saturated heterocycles. The quantitative estimate of drug-likeness (QED) is 0.599. The molecule has 0 radical (unpaired) electrons. The average Bonchev–Trinajstić information content (AvgIpc) is 2.80. The summed E-state index contributed by atoms with van der Waals surface area (Å²) in [5, 5.41) is 3.00. The molecule has 168 valence electrons. The third-order valence-electron chi connectivity index (χ3n) is 5.68. The van der Waals surface area contributed by atoms with Crippen LogP contribution in [0, 0.1) is 11.7 Å². The Kier molecular flexibility index (Phi) is 8.03. The number of para-hydroxylation sites is 1. The van der Waals surface area contributed by atoms with Crippen LogP contribution in [0.25, 0.3) is 0 Å². The first-order chi connectivity index (χ1) is 14.9. The number of hydrogen-bond donors (Lipinski definition) is 1. The Hall–Kier alpha value is -2.45. The minimum atomic E-state index is -3.66. The number of sulfonamides is 1. The van der Waals surface area contributed by atoms with Gasteiger partial charge in [-0.2, -0.15) is 4.31 Å². The number of piperidine rings is 1. The number of hydrogen-bond acceptors (Lipinski definition) is 4. The zero-order valence-electron chi connectivity index (χ0n) is 17.8. The lowest BCUT2D eigenvalue weighted by Crippen LogP contribution is -2.43. The normalized spacial score (nSPS) is 15.5. The average molecular weight is 448 g/mol. The molecule has 1 N–H and O–H groups in total. The molecule has 1 aliphatic rings. The maximum absolute atomic E-state index is 13.1. The minimum Gasteiger partial charge on any atom is -0.372 e. The maximum atomic E-state index is 13.1. The van der Waals surface area contributed by atoms with Crippen molar-refractivity contribution >= 4 is 21.6 Å². The fourth-order valence-electron chi connectivity index (χ4n) is 3.85. The molecule has 8 heteroatoms. The Morgan fingerprint density at radius 1 is 1.10 bits per heavy atom. The summed E-state index contributed by atoms with van der Waals surface area (Å²) in [6.45, 7) is 5.04. The van der Waals surface area contributed by atoms with E-state index in [1.165, 1.54) is 22.1 Å². The van der Waals surface area contributed by atoms with Gasteiger partial charge in [-0.25, -0.2) is 12.8 Å². The number of carbonyl (C=O) groups excluding carboxylic acids is 1. The Morgan fingerprint density at radius 3 is 2.35 bits per heavy atom. The molecule has 1 aliphatic heterocycles. The highest BCUT2D eigenvalue weighted by atomic mass is 32.2. The highest BCUT2D eigenvalue weighted by molar-refractivity contribution is 7.89. The molecule has 6 nitrogen and oxygen atoms in total. The Bertz CT molecular complexity index is 944. The van der Waals surface area contributed by atoms with E-state index in [2.05, 4.69) is 29.3 Å². The minimum absolute atomic E-state index is 0.0124. The molecule has 2 aromatic carbocycles. The zero-order valence-corrected chi connectivity index (χ0v) is 18.7. The third kappa shape index (κ3) is 6.04. The van der Waals surface area contributed by atoms with Crippen molar-refractivity contribution in [3.05, 3.63) is 60.4 Å². The van der Waals surface area contributed by atoms with E-state index >= 15 is 0 Å². The monoisotopic (exact) mass is 447 g/mol. The summed E-state index contributed by atoms with van der Waals surface area (Å²) in [4.78, 5) is 14.9. The van der Waals surface area contributed by atoms with E-state index in [9.17, 15) is 17.6 Å². The number of anilines is 1. The van der Waals surface area contributed by atoms with Crippen molar-refractivity contribution in [2.45, 2.75) is 31.1 Å². The highest BCUT2D eigenvalue weighted by Gasteiger charge is 2.31. The van der Waals surface area contributed by atoms with E-state index in [0.717, 1.165) is 31.6 Å². The van der Waals surface area contributed by atoms with Crippen LogP contribution in [0.5, 0.6) is 0 Å². The van der Waals surface area contributed by atoms with Crippen molar-refractivity contribution in [3.63, 3.8) is 0 Å². The lowest BCUT2D eigenvalue weighted by Gasteiger charge is -2.30. The number of benzene rings is 2. The van der Waals surface area contributed by atoms with E-state index in [-0.39, 0.29) is 29.8 Å². The van der Waals surface area contributed by atoms with Crippen molar-refractivity contribution < 1.29 is 17.6 Å². The van der Waals surface area contributed by atoms with Gasteiger partial charge in [0.25, 0.3) is 0 Å². The number of amides is 1. The molecule has 0 aliphatic carbocycles. The van der Waals surface area contributed by atoms with E-state index in [1.807, 2.05) is 18.2 Å². The third-order valence-corrected chi connectivity index (χ3v) is 7.60. The van der Waals surface area contributed by atoms with Crippen LogP contribution in [-0.2, 0) is 14.8 Å². The molecule has 0 spiro atoms. The van der Waals surface area contributed by atoms with Crippen molar-refractivity contribution in [2.24, 2.45) is 5.92 Å². The molecule has 3 rings (SSSR count). The number of halogens is 1. The second-order valence-corrected chi connectivity index (χ2v) is 9.63. The van der Waals surface area contributed by atoms with Gasteiger partial charge in [0.1, 0.15) is 5.82 Å². The largest absolute Gasteiger partial charge is 0.372 e. The van der Waals surface area contributed by atoms with Crippen LogP contribution in [0.1, 0.15) is 26.2 Å². The van der Waals surface area contributed by atoms with Crippen molar-refractivity contribution in [1.29, 1.82) is 0 Å². The lowest BCUT2D eigenvalue weighted by molar-refractivity contribution is -0.126. The van der Waals surface area contributed by atoms with Gasteiger partial charge < -0.3 is 10.2 Å². The summed E-state index contributed by atoms with van der Waals surface area (Å²) in [7, 11) is -3.66. The fourth-order valence-corrected chi connectivity index (χ4v) is 5.32. The van der Waals surface area contributed by atoms with E-state index in [0.29, 0.717) is 19.4 Å². The molecule has 1 amide bonds. The van der Waals surface area contributed by atoms with Crippen LogP contribution in [-0.4, -0.2) is 51.4 Å². The number of nitrogens with zero attached hydrogens (tertiary/aromatic N) is 2. The van der Waals surface area contributed by atoms with Crippen LogP contribution in [0.3, 0.4) is 0 Å². The van der Waals surface area contributed by atoms with Gasteiger partial charge >= 0.3 is 0 Å². The highest BCUT2D eigenvalue weighted by Crippen LogP contribution is 2.24. The van der Waals surface area contributed by atoms with Gasteiger partial charge in [0, 0.05) is 44.3 Å². The summed E-state index contributed by atoms with van der Waals surface area (Å²) in [6.07, 6.45) is 1.81. The molecule has 0 unspecified atom stereocenters. The maximum Gasteiger partial charge on any atom is 0.243 e. The van der Waals surface area contributed by atoms with E-state index < -0.39 is 15.8 Å². The molecule has 0 atom stereocenters. The van der Waals surface area contributed by atoms with Crippen molar-refractivity contribution in [3.8, 4) is 0 Å². The first kappa shape index (κ1) is 23.2. The van der Waals surface area contributed by atoms with Crippen LogP contribution < -0.4 is 10.2 Å². The first-order valence-corrected chi connectivity index (χ1v) is 12.2. The second kappa shape index (κ2) is 10.7. The fraction of sp³-hybridized carbons (Fsp3) is 0.435. The number of rotatable bonds is 9. The van der Waals surface area contributed by atoms with E-state index in [1.54, 1.807) is 0 Å². The van der Waals surface area contributed by atoms with Gasteiger partial charge in [-0.15, -0.1) is 0 Å². The molecule has 2 aromatic rings. The van der Waals surface area contributed by atoms with Gasteiger partial charge in [0.15, 0.2) is 0 Å². The predicted octanol–water partition coefficient (Wildman–Crippen LogP) is 3.26. The standard InChI is InChI=1S/C23H30FN3O3S/c1-2-26(21-7-4-3-5-8-21)16-6-15-25-23(28)19-13-17-27(18-14-19)31(29,30)22-11-9-20(24)10-12-22/h3-5,7-12,19H,2,6,13-18H2,1H3,(H,25,28). The summed E-state index contributed by atoms with van der Waals surface area (Å²) in [5.41, 5.74) is 1.17. The van der Waals surface area contributed by atoms with Crippen molar-refractivity contribution in [2.75, 3.05) is 37.6 Å². The van der Waals surface area contributed by atoms with Crippen LogP contribution in [0.4, 0.5) is 10.1 Å². The molecule has 1 fully saturated rings. The predicted molar refractivity (Wildman–Crippen MR) is 120 cm³/mol. The van der Waals surface area contributed by atoms with Crippen LogP contribution in [0.2, 0.25) is 0 Å². The second-order valence-electron chi connectivity index (χ2n) is 7.69. The van der Waals surface area contributed by atoms with Gasteiger partial charge in [-0.3, -0.25) is 4.79 Å². The molecule has 0 bridgehead atoms. The Labute approximate surface area is 184 Å². The van der Waals surface area contributed by atoms with Crippen LogP contribution >= 0.6 is 0 Å². The molecule has 0 aromatic heterocycles. The van der Waals surface area contributed by atoms with Gasteiger partial charge in [-0.05, 0) is 62.6 Å². The van der Waals surface area contributed by atoms with Crippen LogP contribution in [0.15, 0.2) is 59.5 Å². The summed E-state index contributed by atoms with van der Waals surface area (Å²) >= 11 is 0. The molecule has 31 heavy (non-hydrogen) atoms. The number of carbonyl (C=O) groups is 1. The topological polar surface area (TPSA) is 69.7 Å². The first-order valence-electron chi connectivity index (χ1n) is 10.7.